The lowest BCUT2D eigenvalue weighted by atomic mass is 9.79. The number of piperidine rings is 1. The van der Waals surface area contributed by atoms with Gasteiger partial charge in [-0.1, -0.05) is 17.7 Å². The van der Waals surface area contributed by atoms with Crippen LogP contribution in [0.15, 0.2) is 29.2 Å². The van der Waals surface area contributed by atoms with E-state index in [1.807, 2.05) is 19.1 Å². The minimum Gasteiger partial charge on any atom is -0.379 e. The number of carbonyl (C=O) groups excluding carboxylic acids is 1. The summed E-state index contributed by atoms with van der Waals surface area (Å²) in [5, 5.41) is 0. The topological polar surface area (TPSA) is 70.2 Å². The first kappa shape index (κ1) is 21.2. The zero-order valence-corrected chi connectivity index (χ0v) is 17.9. The number of sulfonamides is 1. The third kappa shape index (κ3) is 4.74. The molecule has 3 rings (SSSR count). The molecule has 2 fully saturated rings. The second-order valence-corrected chi connectivity index (χ2v) is 10.2. The molecular formula is C20H31N3O4S. The van der Waals surface area contributed by atoms with Crippen LogP contribution in [0.5, 0.6) is 0 Å². The van der Waals surface area contributed by atoms with Gasteiger partial charge in [0, 0.05) is 45.7 Å². The standard InChI is InChI=1S/C20H31N3O4S/c1-17-4-6-18(7-5-17)28(25,26)23-10-8-20(9-11-23)15-22(12-13-27-16-20)14-19(24)21(2)3/h4-7H,8-16H2,1-3H3. The highest BCUT2D eigenvalue weighted by Crippen LogP contribution is 2.36. The average Bonchev–Trinajstić information content (AvgIpc) is 2.84. The molecule has 8 heteroatoms. The van der Waals surface area contributed by atoms with Crippen LogP contribution < -0.4 is 0 Å². The van der Waals surface area contributed by atoms with E-state index in [-0.39, 0.29) is 11.3 Å². The molecule has 2 aliphatic heterocycles. The molecule has 0 aromatic heterocycles. The fourth-order valence-corrected chi connectivity index (χ4v) is 5.35. The van der Waals surface area contributed by atoms with E-state index in [2.05, 4.69) is 4.90 Å². The number of rotatable bonds is 4. The molecule has 2 saturated heterocycles. The van der Waals surface area contributed by atoms with Crippen LogP contribution in [0.3, 0.4) is 0 Å². The van der Waals surface area contributed by atoms with E-state index in [1.54, 1.807) is 35.4 Å². The quantitative estimate of drug-likeness (QED) is 0.747. The van der Waals surface area contributed by atoms with Crippen molar-refractivity contribution in [1.29, 1.82) is 0 Å². The number of aryl methyl sites for hydroxylation is 1. The summed E-state index contributed by atoms with van der Waals surface area (Å²) in [6, 6.07) is 7.02. The number of amides is 1. The summed E-state index contributed by atoms with van der Waals surface area (Å²) < 4.78 is 33.3. The van der Waals surface area contributed by atoms with E-state index in [9.17, 15) is 13.2 Å². The molecule has 0 atom stereocenters. The number of benzene rings is 1. The third-order valence-corrected chi connectivity index (χ3v) is 7.73. The van der Waals surface area contributed by atoms with E-state index in [0.717, 1.165) is 31.5 Å². The molecule has 28 heavy (non-hydrogen) atoms. The highest BCUT2D eigenvalue weighted by atomic mass is 32.2. The fourth-order valence-electron chi connectivity index (χ4n) is 3.91. The summed E-state index contributed by atoms with van der Waals surface area (Å²) in [7, 11) is 0.0606. The van der Waals surface area contributed by atoms with E-state index >= 15 is 0 Å². The van der Waals surface area contributed by atoms with Crippen molar-refractivity contribution in [1.82, 2.24) is 14.1 Å². The molecule has 7 nitrogen and oxygen atoms in total. The summed E-state index contributed by atoms with van der Waals surface area (Å²) in [6.45, 7) is 6.01. The Kier molecular flexibility index (Phi) is 6.44. The molecule has 1 aromatic rings. The number of nitrogens with zero attached hydrogens (tertiary/aromatic N) is 3. The van der Waals surface area contributed by atoms with Gasteiger partial charge in [0.1, 0.15) is 0 Å². The Hall–Kier alpha value is -1.48. The summed E-state index contributed by atoms with van der Waals surface area (Å²) in [6.07, 6.45) is 1.48. The van der Waals surface area contributed by atoms with Gasteiger partial charge in [-0.05, 0) is 31.9 Å². The molecule has 0 aliphatic carbocycles. The van der Waals surface area contributed by atoms with Crippen molar-refractivity contribution in [2.75, 3.05) is 60.0 Å². The van der Waals surface area contributed by atoms with E-state index in [0.29, 0.717) is 37.7 Å². The van der Waals surface area contributed by atoms with Crippen LogP contribution in [0.25, 0.3) is 0 Å². The lowest BCUT2D eigenvalue weighted by Gasteiger charge is -2.42. The molecule has 2 heterocycles. The molecule has 1 amide bonds. The van der Waals surface area contributed by atoms with E-state index in [4.69, 9.17) is 4.74 Å². The highest BCUT2D eigenvalue weighted by Gasteiger charge is 2.41. The third-order valence-electron chi connectivity index (χ3n) is 5.82. The Bertz CT molecular complexity index is 784. The number of carbonyl (C=O) groups is 1. The van der Waals surface area contributed by atoms with Crippen molar-refractivity contribution in [2.24, 2.45) is 5.41 Å². The lowest BCUT2D eigenvalue weighted by molar-refractivity contribution is -0.130. The molecule has 0 saturated carbocycles. The SMILES string of the molecule is Cc1ccc(S(=O)(=O)N2CCC3(CC2)COCCN(CC(=O)N(C)C)C3)cc1. The molecule has 0 bridgehead atoms. The Morgan fingerprint density at radius 3 is 2.39 bits per heavy atom. The Labute approximate surface area is 168 Å². The monoisotopic (exact) mass is 409 g/mol. The van der Waals surface area contributed by atoms with Gasteiger partial charge in [-0.15, -0.1) is 0 Å². The maximum absolute atomic E-state index is 13.0. The van der Waals surface area contributed by atoms with Crippen molar-refractivity contribution < 1.29 is 17.9 Å². The average molecular weight is 410 g/mol. The first-order valence-electron chi connectivity index (χ1n) is 9.79. The zero-order chi connectivity index (χ0) is 20.4. The summed E-state index contributed by atoms with van der Waals surface area (Å²) in [4.78, 5) is 16.2. The van der Waals surface area contributed by atoms with Gasteiger partial charge in [0.25, 0.3) is 0 Å². The molecule has 2 aliphatic rings. The number of hydrogen-bond donors (Lipinski definition) is 0. The van der Waals surface area contributed by atoms with Gasteiger partial charge in [0.15, 0.2) is 0 Å². The molecule has 1 aromatic carbocycles. The van der Waals surface area contributed by atoms with Gasteiger partial charge >= 0.3 is 0 Å². The van der Waals surface area contributed by atoms with Crippen LogP contribution >= 0.6 is 0 Å². The normalized spacial score (nSPS) is 21.4. The summed E-state index contributed by atoms with van der Waals surface area (Å²) >= 11 is 0. The van der Waals surface area contributed by atoms with Crippen molar-refractivity contribution in [3.05, 3.63) is 29.8 Å². The molecule has 156 valence electrons. The predicted octanol–water partition coefficient (Wildman–Crippen LogP) is 1.19. The van der Waals surface area contributed by atoms with Crippen LogP contribution in [0.2, 0.25) is 0 Å². The molecule has 0 N–H and O–H groups in total. The van der Waals surface area contributed by atoms with Crippen molar-refractivity contribution >= 4 is 15.9 Å². The molecule has 0 radical (unpaired) electrons. The first-order chi connectivity index (χ1) is 13.2. The maximum atomic E-state index is 13.0. The lowest BCUT2D eigenvalue weighted by Crippen LogP contribution is -2.50. The molecule has 0 unspecified atom stereocenters. The predicted molar refractivity (Wildman–Crippen MR) is 108 cm³/mol. The van der Waals surface area contributed by atoms with Gasteiger partial charge in [0.2, 0.25) is 15.9 Å². The van der Waals surface area contributed by atoms with Crippen LogP contribution in [0, 0.1) is 12.3 Å². The van der Waals surface area contributed by atoms with Crippen LogP contribution in [0.1, 0.15) is 18.4 Å². The maximum Gasteiger partial charge on any atom is 0.243 e. The first-order valence-corrected chi connectivity index (χ1v) is 11.2. The number of ether oxygens (including phenoxy) is 1. The number of hydrogen-bond acceptors (Lipinski definition) is 5. The molecule has 1 spiro atoms. The number of likely N-dealkylation sites (N-methyl/N-ethyl adjacent to an activating group) is 1. The minimum atomic E-state index is -3.47. The highest BCUT2D eigenvalue weighted by molar-refractivity contribution is 7.89. The van der Waals surface area contributed by atoms with E-state index in [1.165, 1.54) is 0 Å². The Balaban J connectivity index is 1.67. The van der Waals surface area contributed by atoms with Gasteiger partial charge < -0.3 is 9.64 Å². The zero-order valence-electron chi connectivity index (χ0n) is 17.1. The van der Waals surface area contributed by atoms with Crippen molar-refractivity contribution in [3.8, 4) is 0 Å². The van der Waals surface area contributed by atoms with Gasteiger partial charge in [-0.2, -0.15) is 4.31 Å². The van der Waals surface area contributed by atoms with Crippen LogP contribution in [0.4, 0.5) is 0 Å². The van der Waals surface area contributed by atoms with Crippen molar-refractivity contribution in [2.45, 2.75) is 24.7 Å². The largest absolute Gasteiger partial charge is 0.379 e. The van der Waals surface area contributed by atoms with Gasteiger partial charge in [-0.25, -0.2) is 8.42 Å². The summed E-state index contributed by atoms with van der Waals surface area (Å²) in [5.74, 6) is 0.0800. The summed E-state index contributed by atoms with van der Waals surface area (Å²) in [5.41, 5.74) is 0.946. The minimum absolute atomic E-state index is 0.0800. The Morgan fingerprint density at radius 1 is 1.14 bits per heavy atom. The Morgan fingerprint density at radius 2 is 1.79 bits per heavy atom. The fraction of sp³-hybridized carbons (Fsp3) is 0.650. The van der Waals surface area contributed by atoms with E-state index < -0.39 is 10.0 Å². The van der Waals surface area contributed by atoms with Gasteiger partial charge in [-0.3, -0.25) is 9.69 Å². The van der Waals surface area contributed by atoms with Crippen LogP contribution in [-0.4, -0.2) is 88.5 Å². The van der Waals surface area contributed by atoms with Crippen molar-refractivity contribution in [3.63, 3.8) is 0 Å². The smallest absolute Gasteiger partial charge is 0.243 e. The second-order valence-electron chi connectivity index (χ2n) is 8.27. The second kappa shape index (κ2) is 8.49. The van der Waals surface area contributed by atoms with Gasteiger partial charge in [0.05, 0.1) is 24.7 Å². The molecular weight excluding hydrogens is 378 g/mol. The van der Waals surface area contributed by atoms with Crippen LogP contribution in [-0.2, 0) is 19.6 Å².